The number of esters is 1. The van der Waals surface area contributed by atoms with Crippen LogP contribution in [0.15, 0.2) is 24.3 Å². The van der Waals surface area contributed by atoms with Crippen molar-refractivity contribution >= 4 is 17.6 Å². The lowest BCUT2D eigenvalue weighted by Gasteiger charge is -2.05. The lowest BCUT2D eigenvalue weighted by molar-refractivity contribution is 0.0456. The van der Waals surface area contributed by atoms with Crippen LogP contribution in [0.3, 0.4) is 0 Å². The first-order valence-electron chi connectivity index (χ1n) is 5.88. The van der Waals surface area contributed by atoms with Gasteiger partial charge in [0.25, 0.3) is 0 Å². The Balaban J connectivity index is 1.98. The average molecular weight is 281 g/mol. The van der Waals surface area contributed by atoms with Gasteiger partial charge in [0.2, 0.25) is 0 Å². The molecule has 0 radical (unpaired) electrons. The molecular weight excluding hydrogens is 268 g/mol. The van der Waals surface area contributed by atoms with Crippen LogP contribution >= 0.6 is 11.6 Å². The topological polar surface area (TPSA) is 69.9 Å². The molecule has 7 heteroatoms. The van der Waals surface area contributed by atoms with Gasteiger partial charge in [0.1, 0.15) is 0 Å². The largest absolute Gasteiger partial charge is 0.454 e. The van der Waals surface area contributed by atoms with Crippen molar-refractivity contribution in [2.75, 3.05) is 0 Å². The third-order valence-corrected chi connectivity index (χ3v) is 2.67. The van der Waals surface area contributed by atoms with E-state index in [1.165, 1.54) is 0 Å². The molecule has 0 bridgehead atoms. The smallest absolute Gasteiger partial charge is 0.338 e. The fourth-order valence-electron chi connectivity index (χ4n) is 1.54. The van der Waals surface area contributed by atoms with Gasteiger partial charge in [-0.25, -0.2) is 9.48 Å². The second-order valence-electron chi connectivity index (χ2n) is 3.90. The van der Waals surface area contributed by atoms with Crippen LogP contribution in [0.25, 0.3) is 0 Å². The summed E-state index contributed by atoms with van der Waals surface area (Å²) in [5.74, 6) is 0.0748. The van der Waals surface area contributed by atoms with Crippen molar-refractivity contribution < 1.29 is 9.53 Å². The molecule has 2 aromatic rings. The Labute approximate surface area is 115 Å². The molecule has 0 aliphatic rings. The highest BCUT2D eigenvalue weighted by Gasteiger charge is 2.11. The number of ether oxygens (including phenoxy) is 1. The molecule has 0 aliphatic heterocycles. The lowest BCUT2D eigenvalue weighted by atomic mass is 10.2. The number of halogens is 1. The number of tetrazole rings is 1. The normalized spacial score (nSPS) is 10.4. The first-order valence-corrected chi connectivity index (χ1v) is 6.26. The van der Waals surface area contributed by atoms with E-state index >= 15 is 0 Å². The fraction of sp³-hybridized carbons (Fsp3) is 0.333. The van der Waals surface area contributed by atoms with Crippen LogP contribution in [0, 0.1) is 0 Å². The Bertz CT molecular complexity index is 570. The number of hydrogen-bond donors (Lipinski definition) is 0. The zero-order valence-electron chi connectivity index (χ0n) is 10.4. The van der Waals surface area contributed by atoms with Crippen LogP contribution in [-0.4, -0.2) is 26.2 Å². The number of benzene rings is 1. The van der Waals surface area contributed by atoms with Crippen LogP contribution in [0.2, 0.25) is 5.02 Å². The maximum atomic E-state index is 11.8. The van der Waals surface area contributed by atoms with Gasteiger partial charge in [-0.05, 0) is 35.0 Å². The number of nitrogens with zero attached hydrogens (tertiary/aromatic N) is 4. The maximum Gasteiger partial charge on any atom is 0.338 e. The third-order valence-electron chi connectivity index (χ3n) is 2.43. The molecular formula is C12H13ClN4O2. The van der Waals surface area contributed by atoms with Crippen molar-refractivity contribution in [1.29, 1.82) is 0 Å². The Hall–Kier alpha value is -1.95. The number of rotatable bonds is 5. The molecule has 0 saturated carbocycles. The zero-order chi connectivity index (χ0) is 13.7. The Morgan fingerprint density at radius 3 is 3.05 bits per heavy atom. The fourth-order valence-corrected chi connectivity index (χ4v) is 1.73. The van der Waals surface area contributed by atoms with Crippen LogP contribution in [0.5, 0.6) is 0 Å². The number of carbonyl (C=O) groups excluding carboxylic acids is 1. The highest BCUT2D eigenvalue weighted by molar-refractivity contribution is 6.30. The van der Waals surface area contributed by atoms with Gasteiger partial charge >= 0.3 is 5.97 Å². The highest BCUT2D eigenvalue weighted by Crippen LogP contribution is 2.12. The van der Waals surface area contributed by atoms with Crippen LogP contribution in [0.1, 0.15) is 29.5 Å². The highest BCUT2D eigenvalue weighted by atomic mass is 35.5. The molecule has 1 heterocycles. The Kier molecular flexibility index (Phi) is 4.46. The minimum atomic E-state index is -0.450. The predicted octanol–water partition coefficient (Wildman–Crippen LogP) is 2.09. The molecule has 0 N–H and O–H groups in total. The molecule has 0 aliphatic carbocycles. The summed E-state index contributed by atoms with van der Waals surface area (Å²) in [4.78, 5) is 11.8. The molecule has 0 unspecified atom stereocenters. The van der Waals surface area contributed by atoms with Crippen LogP contribution in [-0.2, 0) is 17.9 Å². The molecule has 0 saturated heterocycles. The molecule has 0 fully saturated rings. The van der Waals surface area contributed by atoms with E-state index < -0.39 is 5.97 Å². The summed E-state index contributed by atoms with van der Waals surface area (Å²) < 4.78 is 6.77. The van der Waals surface area contributed by atoms with Crippen LogP contribution in [0.4, 0.5) is 0 Å². The molecule has 2 rings (SSSR count). The zero-order valence-corrected chi connectivity index (χ0v) is 11.2. The number of aryl methyl sites for hydroxylation is 1. The summed E-state index contributed by atoms with van der Waals surface area (Å²) in [5.41, 5.74) is 0.405. The summed E-state index contributed by atoms with van der Waals surface area (Å²) in [6.07, 6.45) is 0.903. The first-order chi connectivity index (χ1) is 9.20. The minimum absolute atomic E-state index is 0.0400. The third kappa shape index (κ3) is 3.51. The number of carbonyl (C=O) groups is 1. The van der Waals surface area contributed by atoms with Crippen molar-refractivity contribution in [2.45, 2.75) is 26.5 Å². The van der Waals surface area contributed by atoms with Crippen molar-refractivity contribution in [3.63, 3.8) is 0 Å². The lowest BCUT2D eigenvalue weighted by Crippen LogP contribution is -2.11. The summed E-state index contributed by atoms with van der Waals surface area (Å²) >= 11 is 5.81. The summed E-state index contributed by atoms with van der Waals surface area (Å²) in [6.45, 7) is 2.75. The van der Waals surface area contributed by atoms with Crippen LogP contribution < -0.4 is 0 Å². The van der Waals surface area contributed by atoms with E-state index in [0.717, 1.165) is 6.42 Å². The second kappa shape index (κ2) is 6.29. The number of hydrogen-bond acceptors (Lipinski definition) is 5. The second-order valence-corrected chi connectivity index (χ2v) is 4.34. The maximum absolute atomic E-state index is 11.8. The van der Waals surface area contributed by atoms with Gasteiger partial charge in [-0.3, -0.25) is 0 Å². The van der Waals surface area contributed by atoms with Gasteiger partial charge in [0.05, 0.1) is 5.56 Å². The summed E-state index contributed by atoms with van der Waals surface area (Å²) in [7, 11) is 0. The van der Waals surface area contributed by atoms with E-state index in [-0.39, 0.29) is 6.61 Å². The summed E-state index contributed by atoms with van der Waals surface area (Å²) in [6, 6.07) is 6.59. The monoisotopic (exact) mass is 280 g/mol. The van der Waals surface area contributed by atoms with E-state index in [0.29, 0.717) is 23.0 Å². The standard InChI is InChI=1S/C12H13ClN4O2/c1-2-6-17-11(14-15-16-17)8-19-12(18)9-4-3-5-10(13)7-9/h3-5,7H,2,6,8H2,1H3. The van der Waals surface area contributed by atoms with Crippen molar-refractivity contribution in [1.82, 2.24) is 20.2 Å². The van der Waals surface area contributed by atoms with E-state index in [1.807, 2.05) is 6.92 Å². The molecule has 100 valence electrons. The minimum Gasteiger partial charge on any atom is -0.454 e. The van der Waals surface area contributed by atoms with Gasteiger partial charge in [0.15, 0.2) is 12.4 Å². The molecule has 0 amide bonds. The molecule has 19 heavy (non-hydrogen) atoms. The molecule has 6 nitrogen and oxygen atoms in total. The van der Waals surface area contributed by atoms with Crippen molar-refractivity contribution in [3.05, 3.63) is 40.7 Å². The van der Waals surface area contributed by atoms with Crippen molar-refractivity contribution in [2.24, 2.45) is 0 Å². The first kappa shape index (κ1) is 13.5. The Morgan fingerprint density at radius 1 is 1.47 bits per heavy atom. The SMILES string of the molecule is CCCn1nnnc1COC(=O)c1cccc(Cl)c1. The van der Waals surface area contributed by atoms with Gasteiger partial charge in [-0.15, -0.1) is 5.10 Å². The van der Waals surface area contributed by atoms with E-state index in [9.17, 15) is 4.79 Å². The molecule has 1 aromatic carbocycles. The number of aromatic nitrogens is 4. The predicted molar refractivity (Wildman–Crippen MR) is 68.7 cm³/mol. The summed E-state index contributed by atoms with van der Waals surface area (Å²) in [5, 5.41) is 11.7. The van der Waals surface area contributed by atoms with Crippen molar-refractivity contribution in [3.8, 4) is 0 Å². The van der Waals surface area contributed by atoms with E-state index in [1.54, 1.807) is 28.9 Å². The van der Waals surface area contributed by atoms with Gasteiger partial charge in [0, 0.05) is 11.6 Å². The van der Waals surface area contributed by atoms with E-state index in [2.05, 4.69) is 15.5 Å². The van der Waals surface area contributed by atoms with Gasteiger partial charge < -0.3 is 4.74 Å². The molecule has 0 atom stereocenters. The van der Waals surface area contributed by atoms with Gasteiger partial charge in [-0.2, -0.15) is 0 Å². The Morgan fingerprint density at radius 2 is 2.32 bits per heavy atom. The quantitative estimate of drug-likeness (QED) is 0.785. The molecule has 1 aromatic heterocycles. The average Bonchev–Trinajstić information content (AvgIpc) is 2.84. The molecule has 0 spiro atoms. The van der Waals surface area contributed by atoms with E-state index in [4.69, 9.17) is 16.3 Å². The van der Waals surface area contributed by atoms with Gasteiger partial charge in [-0.1, -0.05) is 24.6 Å².